The third-order valence-corrected chi connectivity index (χ3v) is 9.13. The Morgan fingerprint density at radius 1 is 0.446 bits per heavy atom. The minimum atomic E-state index is -0.364. The largest absolute Gasteiger partial charge is 0.462 e. The van der Waals surface area contributed by atoms with Crippen molar-refractivity contribution in [3.8, 4) is 0 Å². The molecule has 0 atom stereocenters. The monoisotopic (exact) mass is 738 g/mol. The third kappa shape index (κ3) is 10.4. The molecule has 0 bridgehead atoms. The molecule has 0 saturated carbocycles. The fourth-order valence-electron chi connectivity index (χ4n) is 6.10. The fourth-order valence-corrected chi connectivity index (χ4v) is 6.10. The summed E-state index contributed by atoms with van der Waals surface area (Å²) in [6, 6.07) is 54.4. The summed E-state index contributed by atoms with van der Waals surface area (Å²) < 4.78 is 10.6. The van der Waals surface area contributed by atoms with Gasteiger partial charge in [-0.1, -0.05) is 110 Å². The molecule has 0 radical (unpaired) electrons. The highest BCUT2D eigenvalue weighted by molar-refractivity contribution is 5.87. The molecule has 0 aliphatic carbocycles. The second-order valence-corrected chi connectivity index (χ2v) is 13.5. The Morgan fingerprint density at radius 2 is 0.732 bits per heavy atom. The average Bonchev–Trinajstić information content (AvgIpc) is 3.23. The third-order valence-electron chi connectivity index (χ3n) is 9.13. The topological polar surface area (TPSA) is 59.1 Å². The zero-order valence-electron chi connectivity index (χ0n) is 31.9. The van der Waals surface area contributed by atoms with Crippen molar-refractivity contribution in [2.45, 2.75) is 26.7 Å². The van der Waals surface area contributed by atoms with Gasteiger partial charge in [0.1, 0.15) is 0 Å². The first kappa shape index (κ1) is 38.8. The summed E-state index contributed by atoms with van der Waals surface area (Å²) in [6.45, 7) is 11.2. The van der Waals surface area contributed by atoms with Crippen molar-refractivity contribution in [2.24, 2.45) is 0 Å². The van der Waals surface area contributed by atoms with Crippen molar-refractivity contribution in [1.29, 1.82) is 0 Å². The number of carbonyl (C=O) groups excluding carboxylic acids is 2. The SMILES string of the molecule is C=C(C)C(=O)OCCc1ccc(N(c2ccccc2)c2ccc(C=Cc3ccc(N(c4ccccc4)c4ccc(CCOC(=O)C(=C)C)cc4)cc3)cc2)cc1. The Kier molecular flexibility index (Phi) is 13.1. The Hall–Kier alpha value is -6.92. The number of benzene rings is 6. The maximum atomic E-state index is 11.8. The lowest BCUT2D eigenvalue weighted by Gasteiger charge is -2.26. The maximum Gasteiger partial charge on any atom is 0.333 e. The van der Waals surface area contributed by atoms with E-state index in [1.165, 1.54) is 0 Å². The standard InChI is InChI=1S/C50H46N2O4/c1-37(2)49(53)55-35-33-41-21-29-47(30-22-41)51(43-11-7-5-8-12-43)45-25-17-39(18-26-45)15-16-40-19-27-46(28-20-40)52(44-13-9-6-10-14-44)48-31-23-42(24-32-48)34-36-56-50(54)38(3)4/h5-32H,1,3,33-36H2,2,4H3. The molecule has 0 N–H and O–H groups in total. The van der Waals surface area contributed by atoms with Gasteiger partial charge in [0.25, 0.3) is 0 Å². The first-order valence-electron chi connectivity index (χ1n) is 18.7. The van der Waals surface area contributed by atoms with E-state index in [2.05, 4.69) is 156 Å². The lowest BCUT2D eigenvalue weighted by molar-refractivity contribution is -0.139. The molecule has 56 heavy (non-hydrogen) atoms. The average molecular weight is 739 g/mol. The summed E-state index contributed by atoms with van der Waals surface area (Å²) in [5.41, 5.74) is 11.4. The van der Waals surface area contributed by atoms with Crippen LogP contribution >= 0.6 is 0 Å². The number of ether oxygens (including phenoxy) is 2. The van der Waals surface area contributed by atoms with Gasteiger partial charge in [-0.3, -0.25) is 0 Å². The molecule has 6 aromatic carbocycles. The number of hydrogen-bond acceptors (Lipinski definition) is 6. The molecule has 6 nitrogen and oxygen atoms in total. The van der Waals surface area contributed by atoms with E-state index in [1.54, 1.807) is 13.8 Å². The minimum Gasteiger partial charge on any atom is -0.462 e. The molecule has 0 saturated heterocycles. The molecule has 0 aliphatic rings. The van der Waals surface area contributed by atoms with E-state index in [0.29, 0.717) is 37.2 Å². The minimum absolute atomic E-state index is 0.313. The Labute approximate surface area is 330 Å². The van der Waals surface area contributed by atoms with E-state index < -0.39 is 0 Å². The molecule has 0 heterocycles. The van der Waals surface area contributed by atoms with E-state index in [4.69, 9.17) is 9.47 Å². The molecule has 6 heteroatoms. The lowest BCUT2D eigenvalue weighted by Crippen LogP contribution is -2.10. The lowest BCUT2D eigenvalue weighted by atomic mass is 10.1. The van der Waals surface area contributed by atoms with Crippen LogP contribution in [0.5, 0.6) is 0 Å². The molecule has 280 valence electrons. The van der Waals surface area contributed by atoms with Crippen LogP contribution < -0.4 is 9.80 Å². The molecule has 0 amide bonds. The number of rotatable bonds is 16. The van der Waals surface area contributed by atoms with Crippen LogP contribution in [0.15, 0.2) is 182 Å². The van der Waals surface area contributed by atoms with Gasteiger partial charge in [-0.05, 0) is 109 Å². The van der Waals surface area contributed by atoms with Crippen LogP contribution in [0.2, 0.25) is 0 Å². The van der Waals surface area contributed by atoms with Crippen molar-refractivity contribution in [1.82, 2.24) is 0 Å². The van der Waals surface area contributed by atoms with Crippen LogP contribution in [0, 0.1) is 0 Å². The molecule has 6 rings (SSSR count). The summed E-state index contributed by atoms with van der Waals surface area (Å²) in [7, 11) is 0. The highest BCUT2D eigenvalue weighted by Crippen LogP contribution is 2.36. The number of nitrogens with zero attached hydrogens (tertiary/aromatic N) is 2. The highest BCUT2D eigenvalue weighted by Gasteiger charge is 2.14. The maximum absolute atomic E-state index is 11.8. The van der Waals surface area contributed by atoms with Crippen LogP contribution in [0.3, 0.4) is 0 Å². The predicted molar refractivity (Wildman–Crippen MR) is 230 cm³/mol. The number of para-hydroxylation sites is 2. The molecule has 0 aromatic heterocycles. The van der Waals surface area contributed by atoms with Gasteiger partial charge >= 0.3 is 11.9 Å². The molecule has 0 aliphatic heterocycles. The van der Waals surface area contributed by atoms with E-state index in [1.807, 2.05) is 36.4 Å². The number of anilines is 6. The van der Waals surface area contributed by atoms with Crippen molar-refractivity contribution in [2.75, 3.05) is 23.0 Å². The summed E-state index contributed by atoms with van der Waals surface area (Å²) in [5.74, 6) is -0.728. The van der Waals surface area contributed by atoms with E-state index >= 15 is 0 Å². The molecular weight excluding hydrogens is 693 g/mol. The van der Waals surface area contributed by atoms with Gasteiger partial charge in [0.15, 0.2) is 0 Å². The van der Waals surface area contributed by atoms with Crippen molar-refractivity contribution < 1.29 is 19.1 Å². The van der Waals surface area contributed by atoms with E-state index in [0.717, 1.165) is 56.4 Å². The van der Waals surface area contributed by atoms with Gasteiger partial charge in [0.2, 0.25) is 0 Å². The first-order valence-corrected chi connectivity index (χ1v) is 18.7. The van der Waals surface area contributed by atoms with Crippen LogP contribution in [0.4, 0.5) is 34.1 Å². The first-order chi connectivity index (χ1) is 27.2. The molecule has 0 unspecified atom stereocenters. The van der Waals surface area contributed by atoms with Crippen molar-refractivity contribution in [3.63, 3.8) is 0 Å². The van der Waals surface area contributed by atoms with Gasteiger partial charge in [0, 0.05) is 58.1 Å². The summed E-state index contributed by atoms with van der Waals surface area (Å²) in [4.78, 5) is 28.0. The second kappa shape index (κ2) is 18.9. The van der Waals surface area contributed by atoms with Crippen LogP contribution in [-0.4, -0.2) is 25.2 Å². The normalized spacial score (nSPS) is 10.8. The molecule has 0 fully saturated rings. The molecule has 0 spiro atoms. The van der Waals surface area contributed by atoms with Gasteiger partial charge in [-0.25, -0.2) is 9.59 Å². The Balaban J connectivity index is 1.14. The van der Waals surface area contributed by atoms with Gasteiger partial charge in [-0.15, -0.1) is 0 Å². The van der Waals surface area contributed by atoms with Crippen LogP contribution in [0.25, 0.3) is 12.2 Å². The van der Waals surface area contributed by atoms with Gasteiger partial charge in [-0.2, -0.15) is 0 Å². The smallest absolute Gasteiger partial charge is 0.333 e. The van der Waals surface area contributed by atoms with Crippen molar-refractivity contribution >= 4 is 58.2 Å². The second-order valence-electron chi connectivity index (χ2n) is 13.5. The fraction of sp³-hybridized carbons (Fsp3) is 0.120. The number of hydrogen-bond donors (Lipinski definition) is 0. The van der Waals surface area contributed by atoms with Crippen molar-refractivity contribution in [3.05, 3.63) is 204 Å². The molecule has 6 aromatic rings. The van der Waals surface area contributed by atoms with Crippen LogP contribution in [-0.2, 0) is 31.9 Å². The van der Waals surface area contributed by atoms with E-state index in [9.17, 15) is 9.59 Å². The quantitative estimate of drug-likeness (QED) is 0.0560. The predicted octanol–water partition coefficient (Wildman–Crippen LogP) is 12.1. The summed E-state index contributed by atoms with van der Waals surface area (Å²) >= 11 is 0. The number of carbonyl (C=O) groups is 2. The summed E-state index contributed by atoms with van der Waals surface area (Å²) in [5, 5.41) is 0. The van der Waals surface area contributed by atoms with Gasteiger partial charge in [0.05, 0.1) is 13.2 Å². The molecular formula is C50H46N2O4. The number of esters is 2. The van der Waals surface area contributed by atoms with E-state index in [-0.39, 0.29) is 11.9 Å². The van der Waals surface area contributed by atoms with Crippen LogP contribution in [0.1, 0.15) is 36.1 Å². The van der Waals surface area contributed by atoms with Gasteiger partial charge < -0.3 is 19.3 Å². The zero-order valence-corrected chi connectivity index (χ0v) is 31.9. The zero-order chi connectivity index (χ0) is 39.3. The Bertz CT molecular complexity index is 2100. The summed E-state index contributed by atoms with van der Waals surface area (Å²) in [6.07, 6.45) is 5.52. The highest BCUT2D eigenvalue weighted by atomic mass is 16.5. The Morgan fingerprint density at radius 3 is 1.04 bits per heavy atom.